The molecule has 3 aromatic carbocycles. The van der Waals surface area contributed by atoms with Crippen molar-refractivity contribution in [1.29, 1.82) is 0 Å². The summed E-state index contributed by atoms with van der Waals surface area (Å²) in [6.45, 7) is 1.78. The fourth-order valence-electron chi connectivity index (χ4n) is 5.00. The Morgan fingerprint density at radius 3 is 2.68 bits per heavy atom. The molecule has 1 amide bonds. The summed E-state index contributed by atoms with van der Waals surface area (Å²) in [5.74, 6) is 1.46. The molecule has 1 aliphatic rings. The molecule has 0 aliphatic carbocycles. The van der Waals surface area contributed by atoms with Crippen LogP contribution in [0.4, 0.5) is 0 Å². The Bertz CT molecular complexity index is 1550. The van der Waals surface area contributed by atoms with Crippen LogP contribution in [0.25, 0.3) is 21.8 Å². The molecule has 1 saturated heterocycles. The lowest BCUT2D eigenvalue weighted by Gasteiger charge is -2.13. The minimum absolute atomic E-state index is 0.127. The Hall–Kier alpha value is -3.62. The second-order valence-corrected chi connectivity index (χ2v) is 10.4. The van der Waals surface area contributed by atoms with Crippen LogP contribution in [-0.2, 0) is 24.9 Å². The number of aromatic nitrogens is 4. The van der Waals surface area contributed by atoms with E-state index in [4.69, 9.17) is 4.74 Å². The molecule has 0 radical (unpaired) electrons. The number of nitrogens with one attached hydrogen (secondary N) is 1. The Balaban J connectivity index is 1.22. The Labute approximate surface area is 219 Å². The maximum Gasteiger partial charge on any atom is 0.251 e. The van der Waals surface area contributed by atoms with E-state index < -0.39 is 0 Å². The van der Waals surface area contributed by atoms with Crippen molar-refractivity contribution in [2.75, 3.05) is 12.4 Å². The average molecular weight is 512 g/mol. The summed E-state index contributed by atoms with van der Waals surface area (Å²) in [4.78, 5) is 13.2. The maximum atomic E-state index is 13.2. The lowest BCUT2D eigenvalue weighted by Crippen LogP contribution is -2.25. The monoisotopic (exact) mass is 511 g/mol. The van der Waals surface area contributed by atoms with E-state index in [1.54, 1.807) is 11.8 Å². The molecule has 0 bridgehead atoms. The topological polar surface area (TPSA) is 74.0 Å². The molecule has 6 rings (SSSR count). The average Bonchev–Trinajstić information content (AvgIpc) is 3.66. The molecule has 188 valence electrons. The van der Waals surface area contributed by atoms with E-state index in [0.717, 1.165) is 63.6 Å². The predicted octanol–water partition coefficient (Wildman–Crippen LogP) is 5.17. The third-order valence-corrected chi connectivity index (χ3v) is 8.08. The molecule has 1 N–H and O–H groups in total. The maximum absolute atomic E-state index is 13.2. The summed E-state index contributed by atoms with van der Waals surface area (Å²) < 4.78 is 10.1. The van der Waals surface area contributed by atoms with Crippen molar-refractivity contribution in [1.82, 2.24) is 24.6 Å². The lowest BCUT2D eigenvalue weighted by atomic mass is 10.1. The second kappa shape index (κ2) is 10.4. The number of fused-ring (bicyclic) bond motifs is 3. The summed E-state index contributed by atoms with van der Waals surface area (Å²) in [5, 5.41) is 15.1. The number of amides is 1. The molecule has 7 nitrogen and oxygen atoms in total. The van der Waals surface area contributed by atoms with E-state index in [1.807, 2.05) is 48.5 Å². The lowest BCUT2D eigenvalue weighted by molar-refractivity contribution is 0.0949. The van der Waals surface area contributed by atoms with Crippen LogP contribution in [-0.4, -0.2) is 43.7 Å². The minimum Gasteiger partial charge on any atom is -0.377 e. The van der Waals surface area contributed by atoms with Crippen LogP contribution in [0.1, 0.15) is 34.6 Å². The highest BCUT2D eigenvalue weighted by Crippen LogP contribution is 2.29. The highest BCUT2D eigenvalue weighted by atomic mass is 32.2. The highest BCUT2D eigenvalue weighted by Gasteiger charge is 2.20. The van der Waals surface area contributed by atoms with Gasteiger partial charge < -0.3 is 19.2 Å². The zero-order valence-corrected chi connectivity index (χ0v) is 21.6. The summed E-state index contributed by atoms with van der Waals surface area (Å²) in [5.41, 5.74) is 4.05. The summed E-state index contributed by atoms with van der Waals surface area (Å²) >= 11 is 1.67. The molecule has 1 aliphatic heterocycles. The molecule has 37 heavy (non-hydrogen) atoms. The SMILES string of the molecule is Cn1c2ccccc2c2cc(C(=O)NCc3nnc(SC[C@H]4CCCO4)n3Cc3ccccc3)ccc21. The van der Waals surface area contributed by atoms with E-state index in [0.29, 0.717) is 18.7 Å². The number of carbonyl (C=O) groups is 1. The zero-order valence-electron chi connectivity index (χ0n) is 20.8. The van der Waals surface area contributed by atoms with Crippen LogP contribution in [0.3, 0.4) is 0 Å². The van der Waals surface area contributed by atoms with Crippen LogP contribution in [0.5, 0.6) is 0 Å². The number of hydrogen-bond donors (Lipinski definition) is 1. The number of nitrogens with zero attached hydrogens (tertiary/aromatic N) is 4. The van der Waals surface area contributed by atoms with E-state index in [-0.39, 0.29) is 12.0 Å². The molecule has 0 spiro atoms. The third kappa shape index (κ3) is 4.86. The summed E-state index contributed by atoms with van der Waals surface area (Å²) in [6, 6.07) is 24.4. The summed E-state index contributed by atoms with van der Waals surface area (Å²) in [6.07, 6.45) is 2.46. The number of aryl methyl sites for hydroxylation is 1. The number of para-hydroxylation sites is 1. The number of ether oxygens (including phenoxy) is 1. The van der Waals surface area contributed by atoms with E-state index in [2.05, 4.69) is 56.0 Å². The zero-order chi connectivity index (χ0) is 25.2. The van der Waals surface area contributed by atoms with Gasteiger partial charge in [0.05, 0.1) is 19.2 Å². The molecule has 1 fully saturated rings. The number of benzene rings is 3. The molecular formula is C29H29N5O2S. The standard InChI is InChI=1S/C29H29N5O2S/c1-33-25-12-6-5-11-23(25)24-16-21(13-14-26(24)33)28(35)30-17-27-31-32-29(37-19-22-10-7-15-36-22)34(27)18-20-8-3-2-4-9-20/h2-6,8-9,11-14,16,22H,7,10,15,17-19H2,1H3,(H,30,35)/t22-/m1/s1. The number of rotatable bonds is 8. The van der Waals surface area contributed by atoms with Crippen LogP contribution in [0, 0.1) is 0 Å². The largest absolute Gasteiger partial charge is 0.377 e. The number of carbonyl (C=O) groups excluding carboxylic acids is 1. The van der Waals surface area contributed by atoms with Gasteiger partial charge in [0.2, 0.25) is 0 Å². The molecule has 0 unspecified atom stereocenters. The van der Waals surface area contributed by atoms with Crippen molar-refractivity contribution in [3.63, 3.8) is 0 Å². The molecule has 5 aromatic rings. The van der Waals surface area contributed by atoms with E-state index in [1.165, 1.54) is 0 Å². The van der Waals surface area contributed by atoms with Gasteiger partial charge in [-0.3, -0.25) is 4.79 Å². The van der Waals surface area contributed by atoms with Crippen LogP contribution >= 0.6 is 11.8 Å². The van der Waals surface area contributed by atoms with Crippen molar-refractivity contribution in [2.24, 2.45) is 7.05 Å². The first-order valence-corrected chi connectivity index (χ1v) is 13.6. The minimum atomic E-state index is -0.127. The van der Waals surface area contributed by atoms with Crippen molar-refractivity contribution in [2.45, 2.75) is 37.2 Å². The predicted molar refractivity (Wildman–Crippen MR) is 147 cm³/mol. The second-order valence-electron chi connectivity index (χ2n) is 9.41. The smallest absolute Gasteiger partial charge is 0.251 e. The number of thioether (sulfide) groups is 1. The normalized spacial score (nSPS) is 15.5. The quantitative estimate of drug-likeness (QED) is 0.291. The van der Waals surface area contributed by atoms with E-state index >= 15 is 0 Å². The fraction of sp³-hybridized carbons (Fsp3) is 0.276. The Morgan fingerprint density at radius 2 is 1.84 bits per heavy atom. The van der Waals surface area contributed by atoms with E-state index in [9.17, 15) is 4.79 Å². The first-order chi connectivity index (χ1) is 18.2. The third-order valence-electron chi connectivity index (χ3n) is 6.98. The van der Waals surface area contributed by atoms with Crippen LogP contribution in [0.2, 0.25) is 0 Å². The molecule has 3 heterocycles. The first kappa shape index (κ1) is 23.8. The van der Waals surface area contributed by atoms with Gasteiger partial charge in [0, 0.05) is 46.8 Å². The Kier molecular flexibility index (Phi) is 6.68. The van der Waals surface area contributed by atoms with Crippen molar-refractivity contribution >= 4 is 39.5 Å². The van der Waals surface area contributed by atoms with Crippen LogP contribution in [0.15, 0.2) is 78.0 Å². The summed E-state index contributed by atoms with van der Waals surface area (Å²) in [7, 11) is 2.05. The van der Waals surface area contributed by atoms with Gasteiger partial charge in [0.15, 0.2) is 11.0 Å². The fourth-order valence-corrected chi connectivity index (χ4v) is 6.02. The van der Waals surface area contributed by atoms with Gasteiger partial charge in [-0.2, -0.15) is 0 Å². The molecule has 2 aromatic heterocycles. The molecule has 0 saturated carbocycles. The molecule has 1 atom stereocenters. The van der Waals surface area contributed by atoms with Gasteiger partial charge in [-0.05, 0) is 42.7 Å². The van der Waals surface area contributed by atoms with Gasteiger partial charge >= 0.3 is 0 Å². The molecule has 8 heteroatoms. The highest BCUT2D eigenvalue weighted by molar-refractivity contribution is 7.99. The van der Waals surface area contributed by atoms with Crippen molar-refractivity contribution in [3.05, 3.63) is 89.7 Å². The van der Waals surface area contributed by atoms with Gasteiger partial charge in [-0.25, -0.2) is 0 Å². The van der Waals surface area contributed by atoms with Gasteiger partial charge in [0.25, 0.3) is 5.91 Å². The van der Waals surface area contributed by atoms with Gasteiger partial charge in [0.1, 0.15) is 0 Å². The van der Waals surface area contributed by atoms with Gasteiger partial charge in [-0.15, -0.1) is 10.2 Å². The van der Waals surface area contributed by atoms with Gasteiger partial charge in [-0.1, -0.05) is 60.3 Å². The number of hydrogen-bond acceptors (Lipinski definition) is 5. The first-order valence-electron chi connectivity index (χ1n) is 12.6. The van der Waals surface area contributed by atoms with Crippen LogP contribution < -0.4 is 5.32 Å². The Morgan fingerprint density at radius 1 is 1.03 bits per heavy atom. The van der Waals surface area contributed by atoms with Crippen molar-refractivity contribution in [3.8, 4) is 0 Å². The van der Waals surface area contributed by atoms with Crippen molar-refractivity contribution < 1.29 is 9.53 Å². The molecular weight excluding hydrogens is 482 g/mol.